The van der Waals surface area contributed by atoms with Crippen molar-refractivity contribution in [1.29, 1.82) is 0 Å². The van der Waals surface area contributed by atoms with E-state index in [-0.39, 0.29) is 5.28 Å². The molecule has 0 saturated heterocycles. The lowest BCUT2D eigenvalue weighted by Gasteiger charge is -1.92. The quantitative estimate of drug-likeness (QED) is 0.666. The van der Waals surface area contributed by atoms with Crippen molar-refractivity contribution in [3.63, 3.8) is 0 Å². The van der Waals surface area contributed by atoms with Crippen molar-refractivity contribution in [3.05, 3.63) is 5.28 Å². The summed E-state index contributed by atoms with van der Waals surface area (Å²) in [6.07, 6.45) is 2.19. The van der Waals surface area contributed by atoms with E-state index in [1.807, 2.05) is 0 Å². The van der Waals surface area contributed by atoms with Gasteiger partial charge in [0.1, 0.15) is 0 Å². The zero-order chi connectivity index (χ0) is 7.40. The van der Waals surface area contributed by atoms with Crippen molar-refractivity contribution < 1.29 is 0 Å². The van der Waals surface area contributed by atoms with Crippen molar-refractivity contribution in [1.82, 2.24) is 20.2 Å². The largest absolute Gasteiger partial charge is 0.264 e. The maximum Gasteiger partial charge on any atom is 0.264 e. The number of nitrogens with zero attached hydrogens (tertiary/aromatic N) is 4. The molecule has 0 amide bonds. The molecule has 0 aliphatic rings. The number of aryl methyl sites for hydroxylation is 1. The predicted molar refractivity (Wildman–Crippen MR) is 37.7 cm³/mol. The molecule has 0 saturated carbocycles. The van der Waals surface area contributed by atoms with E-state index in [4.69, 9.17) is 11.6 Å². The molecule has 1 rings (SSSR count). The molecule has 5 heteroatoms. The average molecular weight is 161 g/mol. The first-order valence-electron chi connectivity index (χ1n) is 3.26. The van der Waals surface area contributed by atoms with Crippen molar-refractivity contribution in [2.45, 2.75) is 26.3 Å². The number of rotatable bonds is 3. The predicted octanol–water partition coefficient (Wildman–Crippen LogP) is 1.13. The van der Waals surface area contributed by atoms with E-state index in [0.717, 1.165) is 19.4 Å². The summed E-state index contributed by atoms with van der Waals surface area (Å²) in [6.45, 7) is 2.91. The van der Waals surface area contributed by atoms with Gasteiger partial charge >= 0.3 is 0 Å². The van der Waals surface area contributed by atoms with E-state index in [1.165, 1.54) is 4.80 Å². The molecule has 0 N–H and O–H groups in total. The molecule has 1 heterocycles. The Balaban J connectivity index is 2.42. The van der Waals surface area contributed by atoms with Crippen molar-refractivity contribution in [3.8, 4) is 0 Å². The molecule has 0 aromatic carbocycles. The second-order valence-electron chi connectivity index (χ2n) is 2.01. The third kappa shape index (κ3) is 1.95. The molecular formula is C5H9ClN4. The normalized spacial score (nSPS) is 10.2. The summed E-state index contributed by atoms with van der Waals surface area (Å²) in [6, 6.07) is 0. The van der Waals surface area contributed by atoms with Crippen LogP contribution in [0.5, 0.6) is 0 Å². The first-order chi connectivity index (χ1) is 4.83. The number of hydrogen-bond donors (Lipinski definition) is 0. The van der Waals surface area contributed by atoms with E-state index >= 15 is 0 Å². The van der Waals surface area contributed by atoms with Gasteiger partial charge in [-0.25, -0.2) is 0 Å². The Bertz CT molecular complexity index is 197. The summed E-state index contributed by atoms with van der Waals surface area (Å²) < 4.78 is 0. The summed E-state index contributed by atoms with van der Waals surface area (Å²) in [7, 11) is 0. The van der Waals surface area contributed by atoms with E-state index in [1.54, 1.807) is 0 Å². The first-order valence-corrected chi connectivity index (χ1v) is 3.64. The second kappa shape index (κ2) is 3.51. The fourth-order valence-corrected chi connectivity index (χ4v) is 0.739. The number of tetrazole rings is 1. The summed E-state index contributed by atoms with van der Waals surface area (Å²) in [5, 5.41) is 11.2. The van der Waals surface area contributed by atoms with Gasteiger partial charge in [-0.2, -0.15) is 4.80 Å². The molecule has 0 aliphatic carbocycles. The Morgan fingerprint density at radius 2 is 2.40 bits per heavy atom. The molecule has 0 spiro atoms. The molecular weight excluding hydrogens is 152 g/mol. The molecule has 10 heavy (non-hydrogen) atoms. The lowest BCUT2D eigenvalue weighted by atomic mass is 10.3. The van der Waals surface area contributed by atoms with Gasteiger partial charge in [0.05, 0.1) is 6.54 Å². The van der Waals surface area contributed by atoms with Crippen LogP contribution in [0.25, 0.3) is 0 Å². The topological polar surface area (TPSA) is 43.6 Å². The Kier molecular flexibility index (Phi) is 2.62. The third-order valence-corrected chi connectivity index (χ3v) is 1.29. The summed E-state index contributed by atoms with van der Waals surface area (Å²) in [4.78, 5) is 1.51. The molecule has 56 valence electrons. The van der Waals surface area contributed by atoms with Crippen LogP contribution in [0.2, 0.25) is 5.28 Å². The van der Waals surface area contributed by atoms with Crippen LogP contribution < -0.4 is 0 Å². The van der Waals surface area contributed by atoms with Gasteiger partial charge in [0.15, 0.2) is 0 Å². The van der Waals surface area contributed by atoms with Crippen LogP contribution in [-0.4, -0.2) is 20.2 Å². The minimum absolute atomic E-state index is 0.219. The average Bonchev–Trinajstić information content (AvgIpc) is 2.31. The van der Waals surface area contributed by atoms with E-state index in [2.05, 4.69) is 22.3 Å². The molecule has 0 aliphatic heterocycles. The van der Waals surface area contributed by atoms with Crippen molar-refractivity contribution >= 4 is 11.6 Å². The fraction of sp³-hybridized carbons (Fsp3) is 0.800. The number of unbranched alkanes of at least 4 members (excludes halogenated alkanes) is 1. The maximum atomic E-state index is 5.43. The second-order valence-corrected chi connectivity index (χ2v) is 2.35. The molecule has 0 fully saturated rings. The highest BCUT2D eigenvalue weighted by Crippen LogP contribution is 1.95. The Morgan fingerprint density at radius 3 is 2.90 bits per heavy atom. The van der Waals surface area contributed by atoms with Gasteiger partial charge in [-0.05, 0) is 23.2 Å². The first kappa shape index (κ1) is 7.47. The van der Waals surface area contributed by atoms with Crippen LogP contribution in [0.1, 0.15) is 19.8 Å². The fourth-order valence-electron chi connectivity index (χ4n) is 0.618. The highest BCUT2D eigenvalue weighted by atomic mass is 35.5. The molecule has 0 atom stereocenters. The van der Waals surface area contributed by atoms with Crippen LogP contribution in [0.15, 0.2) is 0 Å². The lowest BCUT2D eigenvalue weighted by molar-refractivity contribution is 0.496. The standard InChI is InChI=1S/C5H9ClN4/c1-2-3-4-10-8-5(6)7-9-10/h2-4H2,1H3. The highest BCUT2D eigenvalue weighted by Gasteiger charge is 1.95. The van der Waals surface area contributed by atoms with E-state index in [0.29, 0.717) is 0 Å². The number of hydrogen-bond acceptors (Lipinski definition) is 3. The molecule has 0 bridgehead atoms. The lowest BCUT2D eigenvalue weighted by Crippen LogP contribution is -2.01. The summed E-state index contributed by atoms with van der Waals surface area (Å²) >= 11 is 5.43. The third-order valence-electron chi connectivity index (χ3n) is 1.14. The molecule has 0 unspecified atom stereocenters. The zero-order valence-corrected chi connectivity index (χ0v) is 6.54. The van der Waals surface area contributed by atoms with Crippen LogP contribution in [0.3, 0.4) is 0 Å². The van der Waals surface area contributed by atoms with Gasteiger partial charge in [0, 0.05) is 0 Å². The van der Waals surface area contributed by atoms with Gasteiger partial charge in [-0.3, -0.25) is 0 Å². The SMILES string of the molecule is CCCCn1nnc(Cl)n1. The Morgan fingerprint density at radius 1 is 1.60 bits per heavy atom. The number of halogens is 1. The van der Waals surface area contributed by atoms with Gasteiger partial charge in [-0.1, -0.05) is 18.4 Å². The number of aromatic nitrogens is 4. The highest BCUT2D eigenvalue weighted by molar-refractivity contribution is 6.28. The van der Waals surface area contributed by atoms with Gasteiger partial charge < -0.3 is 0 Å². The van der Waals surface area contributed by atoms with Crippen molar-refractivity contribution in [2.75, 3.05) is 0 Å². The van der Waals surface area contributed by atoms with Crippen LogP contribution in [0.4, 0.5) is 0 Å². The van der Waals surface area contributed by atoms with Crippen LogP contribution >= 0.6 is 11.6 Å². The maximum absolute atomic E-state index is 5.43. The van der Waals surface area contributed by atoms with E-state index < -0.39 is 0 Å². The van der Waals surface area contributed by atoms with Crippen molar-refractivity contribution in [2.24, 2.45) is 0 Å². The van der Waals surface area contributed by atoms with Gasteiger partial charge in [-0.15, -0.1) is 5.10 Å². The molecule has 0 radical (unpaired) electrons. The monoisotopic (exact) mass is 160 g/mol. The minimum atomic E-state index is 0.219. The smallest absolute Gasteiger partial charge is 0.163 e. The van der Waals surface area contributed by atoms with Crippen LogP contribution in [0, 0.1) is 0 Å². The summed E-state index contributed by atoms with van der Waals surface area (Å²) in [5.41, 5.74) is 0. The minimum Gasteiger partial charge on any atom is -0.163 e. The molecule has 1 aromatic rings. The summed E-state index contributed by atoms with van der Waals surface area (Å²) in [5.74, 6) is 0. The molecule has 1 aromatic heterocycles. The van der Waals surface area contributed by atoms with Gasteiger partial charge in [0.25, 0.3) is 5.28 Å². The molecule has 4 nitrogen and oxygen atoms in total. The van der Waals surface area contributed by atoms with Crippen LogP contribution in [-0.2, 0) is 6.54 Å². The van der Waals surface area contributed by atoms with Gasteiger partial charge in [0.2, 0.25) is 0 Å². The zero-order valence-electron chi connectivity index (χ0n) is 5.79. The Labute approximate surface area is 64.2 Å². The Hall–Kier alpha value is -0.640. The van der Waals surface area contributed by atoms with E-state index in [9.17, 15) is 0 Å².